The van der Waals surface area contributed by atoms with Gasteiger partial charge in [0.1, 0.15) is 0 Å². The van der Waals surface area contributed by atoms with Crippen LogP contribution >= 0.6 is 11.3 Å². The van der Waals surface area contributed by atoms with E-state index in [-0.39, 0.29) is 10.8 Å². The van der Waals surface area contributed by atoms with Crippen molar-refractivity contribution in [3.63, 3.8) is 0 Å². The first-order valence-corrected chi connectivity index (χ1v) is 9.64. The van der Waals surface area contributed by atoms with Gasteiger partial charge in [-0.2, -0.15) is 0 Å². The number of hydrogen-bond acceptors (Lipinski definition) is 2. The molecule has 25 heavy (non-hydrogen) atoms. The normalized spacial score (nSPS) is 18.3. The molecule has 0 fully saturated rings. The number of hydrogen-bond donors (Lipinski definition) is 1. The molecular formula is C22H26O2S. The van der Waals surface area contributed by atoms with Gasteiger partial charge in [-0.25, -0.2) is 4.79 Å². The van der Waals surface area contributed by atoms with E-state index >= 15 is 0 Å². The SMILES string of the molecule is Cc1cc2c(cc1-c1csc(C=CC(=O)O)c1)C(C)(C)CCC2(C)C. The molecule has 2 nitrogen and oxygen atoms in total. The highest BCUT2D eigenvalue weighted by Gasteiger charge is 2.37. The van der Waals surface area contributed by atoms with Crippen molar-refractivity contribution in [1.29, 1.82) is 0 Å². The Bertz CT molecular complexity index is 853. The number of carboxylic acids is 1. The topological polar surface area (TPSA) is 37.3 Å². The number of rotatable bonds is 3. The Kier molecular flexibility index (Phi) is 4.40. The van der Waals surface area contributed by atoms with Gasteiger partial charge < -0.3 is 5.11 Å². The second-order valence-corrected chi connectivity index (χ2v) is 9.33. The minimum atomic E-state index is -0.913. The number of carboxylic acid groups (broad SMARTS) is 1. The lowest BCUT2D eigenvalue weighted by Crippen LogP contribution is -2.34. The zero-order chi connectivity index (χ0) is 18.4. The first kappa shape index (κ1) is 17.9. The molecule has 1 aromatic carbocycles. The number of carbonyl (C=O) groups is 1. The van der Waals surface area contributed by atoms with Crippen molar-refractivity contribution in [3.8, 4) is 11.1 Å². The van der Waals surface area contributed by atoms with E-state index in [1.54, 1.807) is 17.4 Å². The van der Waals surface area contributed by atoms with Gasteiger partial charge in [-0.05, 0) is 75.9 Å². The summed E-state index contributed by atoms with van der Waals surface area (Å²) in [6.45, 7) is 11.6. The summed E-state index contributed by atoms with van der Waals surface area (Å²) in [6, 6.07) is 6.83. The highest BCUT2D eigenvalue weighted by molar-refractivity contribution is 7.11. The van der Waals surface area contributed by atoms with E-state index in [9.17, 15) is 4.79 Å². The molecule has 1 aromatic heterocycles. The average molecular weight is 355 g/mol. The minimum absolute atomic E-state index is 0.190. The van der Waals surface area contributed by atoms with E-state index in [2.05, 4.69) is 58.2 Å². The maximum absolute atomic E-state index is 10.7. The zero-order valence-electron chi connectivity index (χ0n) is 15.6. The van der Waals surface area contributed by atoms with Crippen molar-refractivity contribution in [1.82, 2.24) is 0 Å². The molecule has 1 aliphatic carbocycles. The predicted octanol–water partition coefficient (Wildman–Crippen LogP) is 6.17. The van der Waals surface area contributed by atoms with Crippen LogP contribution in [0.25, 0.3) is 17.2 Å². The Morgan fingerprint density at radius 3 is 2.28 bits per heavy atom. The van der Waals surface area contributed by atoms with Crippen LogP contribution in [0.3, 0.4) is 0 Å². The van der Waals surface area contributed by atoms with E-state index in [1.807, 2.05) is 0 Å². The molecule has 1 aliphatic rings. The lowest BCUT2D eigenvalue weighted by molar-refractivity contribution is -0.131. The van der Waals surface area contributed by atoms with E-state index in [4.69, 9.17) is 5.11 Å². The van der Waals surface area contributed by atoms with Crippen LogP contribution in [0.5, 0.6) is 0 Å². The smallest absolute Gasteiger partial charge is 0.328 e. The summed E-state index contributed by atoms with van der Waals surface area (Å²) in [7, 11) is 0. The number of fused-ring (bicyclic) bond motifs is 1. The lowest BCUT2D eigenvalue weighted by atomic mass is 9.62. The summed E-state index contributed by atoms with van der Waals surface area (Å²) < 4.78 is 0. The Labute approximate surface area is 154 Å². The van der Waals surface area contributed by atoms with Gasteiger partial charge >= 0.3 is 5.97 Å². The van der Waals surface area contributed by atoms with Gasteiger partial charge in [0.15, 0.2) is 0 Å². The van der Waals surface area contributed by atoms with Gasteiger partial charge in [0, 0.05) is 11.0 Å². The molecule has 0 saturated heterocycles. The van der Waals surface area contributed by atoms with Crippen LogP contribution in [0.1, 0.15) is 62.1 Å². The molecule has 1 heterocycles. The molecule has 0 amide bonds. The summed E-state index contributed by atoms with van der Waals surface area (Å²) in [4.78, 5) is 11.7. The van der Waals surface area contributed by atoms with Gasteiger partial charge in [-0.3, -0.25) is 0 Å². The number of aliphatic carboxylic acids is 1. The first-order chi connectivity index (χ1) is 11.6. The fourth-order valence-electron chi connectivity index (χ4n) is 3.77. The summed E-state index contributed by atoms with van der Waals surface area (Å²) >= 11 is 1.58. The predicted molar refractivity (Wildman–Crippen MR) is 106 cm³/mol. The van der Waals surface area contributed by atoms with Crippen molar-refractivity contribution >= 4 is 23.4 Å². The Morgan fingerprint density at radius 2 is 1.68 bits per heavy atom. The van der Waals surface area contributed by atoms with Crippen LogP contribution in [-0.4, -0.2) is 11.1 Å². The van der Waals surface area contributed by atoms with Gasteiger partial charge in [-0.15, -0.1) is 11.3 Å². The first-order valence-electron chi connectivity index (χ1n) is 8.76. The highest BCUT2D eigenvalue weighted by atomic mass is 32.1. The molecule has 0 radical (unpaired) electrons. The molecule has 0 unspecified atom stereocenters. The van der Waals surface area contributed by atoms with Gasteiger partial charge in [0.2, 0.25) is 0 Å². The van der Waals surface area contributed by atoms with Crippen LogP contribution < -0.4 is 0 Å². The summed E-state index contributed by atoms with van der Waals surface area (Å²) in [5, 5.41) is 10.9. The number of thiophene rings is 1. The van der Waals surface area contributed by atoms with Gasteiger partial charge in [0.25, 0.3) is 0 Å². The van der Waals surface area contributed by atoms with Crippen LogP contribution in [0.2, 0.25) is 0 Å². The minimum Gasteiger partial charge on any atom is -0.478 e. The maximum Gasteiger partial charge on any atom is 0.328 e. The Hall–Kier alpha value is -1.87. The molecule has 132 valence electrons. The van der Waals surface area contributed by atoms with E-state index in [0.717, 1.165) is 4.88 Å². The third-order valence-electron chi connectivity index (χ3n) is 5.52. The molecule has 3 heteroatoms. The van der Waals surface area contributed by atoms with Crippen LogP contribution in [0.4, 0.5) is 0 Å². The largest absolute Gasteiger partial charge is 0.478 e. The molecule has 0 atom stereocenters. The number of aryl methyl sites for hydroxylation is 1. The van der Waals surface area contributed by atoms with E-state index < -0.39 is 5.97 Å². The quantitative estimate of drug-likeness (QED) is 0.669. The van der Waals surface area contributed by atoms with E-state index in [0.29, 0.717) is 0 Å². The Morgan fingerprint density at radius 1 is 1.08 bits per heavy atom. The van der Waals surface area contributed by atoms with Crippen LogP contribution in [-0.2, 0) is 15.6 Å². The summed E-state index contributed by atoms with van der Waals surface area (Å²) in [5.74, 6) is -0.913. The molecule has 1 N–H and O–H groups in total. The number of benzene rings is 1. The molecular weight excluding hydrogens is 328 g/mol. The third-order valence-corrected chi connectivity index (χ3v) is 6.42. The van der Waals surface area contributed by atoms with Gasteiger partial charge in [0.05, 0.1) is 0 Å². The second kappa shape index (κ2) is 6.14. The molecule has 0 saturated carbocycles. The third kappa shape index (κ3) is 3.43. The fourth-order valence-corrected chi connectivity index (χ4v) is 4.57. The molecule has 3 rings (SSSR count). The molecule has 0 bridgehead atoms. The standard InChI is InChI=1S/C22H26O2S/c1-14-10-18-19(22(4,5)9-8-21(18,2)3)12-17(14)15-11-16(25-13-15)6-7-20(23)24/h6-7,10-13H,8-9H2,1-5H3,(H,23,24). The fraction of sp³-hybridized carbons (Fsp3) is 0.409. The van der Waals surface area contributed by atoms with Gasteiger partial charge in [-0.1, -0.05) is 39.8 Å². The Balaban J connectivity index is 2.09. The van der Waals surface area contributed by atoms with E-state index in [1.165, 1.54) is 46.7 Å². The molecule has 0 aliphatic heterocycles. The average Bonchev–Trinajstić information content (AvgIpc) is 2.98. The second-order valence-electron chi connectivity index (χ2n) is 8.39. The highest BCUT2D eigenvalue weighted by Crippen LogP contribution is 2.47. The maximum atomic E-state index is 10.7. The van der Waals surface area contributed by atoms with Crippen molar-refractivity contribution in [2.75, 3.05) is 0 Å². The molecule has 0 spiro atoms. The molecule has 2 aromatic rings. The van der Waals surface area contributed by atoms with Crippen molar-refractivity contribution in [2.24, 2.45) is 0 Å². The van der Waals surface area contributed by atoms with Crippen molar-refractivity contribution in [2.45, 2.75) is 58.3 Å². The summed E-state index contributed by atoms with van der Waals surface area (Å²) in [5.41, 5.74) is 7.07. The summed E-state index contributed by atoms with van der Waals surface area (Å²) in [6.07, 6.45) is 5.28. The monoisotopic (exact) mass is 354 g/mol. The van der Waals surface area contributed by atoms with Crippen LogP contribution in [0.15, 0.2) is 29.7 Å². The van der Waals surface area contributed by atoms with Crippen molar-refractivity contribution in [3.05, 3.63) is 51.2 Å². The van der Waals surface area contributed by atoms with Crippen molar-refractivity contribution < 1.29 is 9.90 Å². The lowest BCUT2D eigenvalue weighted by Gasteiger charge is -2.42. The zero-order valence-corrected chi connectivity index (χ0v) is 16.5. The van der Waals surface area contributed by atoms with Crippen LogP contribution in [0, 0.1) is 6.92 Å².